The summed E-state index contributed by atoms with van der Waals surface area (Å²) in [6.07, 6.45) is 5.33. The molecule has 82 valence electrons. The van der Waals surface area contributed by atoms with Gasteiger partial charge in [0.2, 0.25) is 0 Å². The van der Waals surface area contributed by atoms with Gasteiger partial charge in [0.15, 0.2) is 0 Å². The van der Waals surface area contributed by atoms with Crippen LogP contribution in [-0.2, 0) is 4.79 Å². The minimum Gasteiger partial charge on any atom is -0.320 e. The van der Waals surface area contributed by atoms with Crippen LogP contribution >= 0.6 is 0 Å². The van der Waals surface area contributed by atoms with Gasteiger partial charge in [-0.05, 0) is 19.3 Å². The molecule has 1 rings (SSSR count). The highest BCUT2D eigenvalue weighted by Crippen LogP contribution is 2.06. The van der Waals surface area contributed by atoms with Crippen molar-refractivity contribution in [3.05, 3.63) is 0 Å². The molecular weight excluding hydrogens is 178 g/mol. The highest BCUT2D eigenvalue weighted by molar-refractivity contribution is 5.80. The summed E-state index contributed by atoms with van der Waals surface area (Å²) >= 11 is 0. The van der Waals surface area contributed by atoms with Gasteiger partial charge in [0.05, 0.1) is 6.04 Å². The van der Waals surface area contributed by atoms with Crippen molar-refractivity contribution in [3.8, 4) is 0 Å². The summed E-state index contributed by atoms with van der Waals surface area (Å²) in [6, 6.07) is -0.345. The first-order chi connectivity index (χ1) is 6.74. The van der Waals surface area contributed by atoms with E-state index in [1.54, 1.807) is 0 Å². The van der Waals surface area contributed by atoms with E-state index in [2.05, 4.69) is 5.43 Å². The predicted molar refractivity (Wildman–Crippen MR) is 56.5 cm³/mol. The smallest absolute Gasteiger partial charge is 0.251 e. The second-order valence-electron chi connectivity index (χ2n) is 3.92. The zero-order valence-corrected chi connectivity index (χ0v) is 8.96. The first-order valence-corrected chi connectivity index (χ1v) is 5.55. The van der Waals surface area contributed by atoms with Gasteiger partial charge in [-0.1, -0.05) is 19.8 Å². The molecule has 4 nitrogen and oxygen atoms in total. The molecule has 1 fully saturated rings. The van der Waals surface area contributed by atoms with Crippen molar-refractivity contribution < 1.29 is 4.79 Å². The van der Waals surface area contributed by atoms with E-state index in [0.717, 1.165) is 25.9 Å². The van der Waals surface area contributed by atoms with E-state index >= 15 is 0 Å². The van der Waals surface area contributed by atoms with Crippen molar-refractivity contribution in [2.75, 3.05) is 13.1 Å². The Labute approximate surface area is 85.8 Å². The lowest BCUT2D eigenvalue weighted by Crippen LogP contribution is -2.51. The third-order valence-corrected chi connectivity index (χ3v) is 2.56. The Morgan fingerprint density at radius 3 is 2.64 bits per heavy atom. The lowest BCUT2D eigenvalue weighted by Gasteiger charge is -2.27. The van der Waals surface area contributed by atoms with E-state index in [1.165, 1.54) is 19.3 Å². The summed E-state index contributed by atoms with van der Waals surface area (Å²) in [5.41, 5.74) is 8.58. The van der Waals surface area contributed by atoms with Crippen LogP contribution in [0.2, 0.25) is 0 Å². The number of piperidine rings is 1. The first kappa shape index (κ1) is 11.5. The van der Waals surface area contributed by atoms with Crippen LogP contribution in [0, 0.1) is 0 Å². The first-order valence-electron chi connectivity index (χ1n) is 5.55. The molecule has 0 unspecified atom stereocenters. The molecule has 0 radical (unpaired) electrons. The number of carbonyl (C=O) groups is 1. The summed E-state index contributed by atoms with van der Waals surface area (Å²) in [7, 11) is 0. The van der Waals surface area contributed by atoms with Gasteiger partial charge in [0, 0.05) is 13.1 Å². The summed E-state index contributed by atoms with van der Waals surface area (Å²) in [6.45, 7) is 3.96. The van der Waals surface area contributed by atoms with Gasteiger partial charge in [-0.2, -0.15) is 0 Å². The van der Waals surface area contributed by atoms with Crippen LogP contribution in [-0.4, -0.2) is 30.0 Å². The molecule has 14 heavy (non-hydrogen) atoms. The molecule has 1 amide bonds. The van der Waals surface area contributed by atoms with Gasteiger partial charge in [0.1, 0.15) is 0 Å². The fourth-order valence-electron chi connectivity index (χ4n) is 1.69. The Bertz CT molecular complexity index is 178. The number of rotatable bonds is 4. The molecule has 1 atom stereocenters. The maximum atomic E-state index is 11.5. The average molecular weight is 199 g/mol. The van der Waals surface area contributed by atoms with Gasteiger partial charge in [0.25, 0.3) is 5.91 Å². The third-order valence-electron chi connectivity index (χ3n) is 2.56. The van der Waals surface area contributed by atoms with Crippen LogP contribution < -0.4 is 11.2 Å². The molecule has 1 heterocycles. The zero-order chi connectivity index (χ0) is 10.4. The summed E-state index contributed by atoms with van der Waals surface area (Å²) < 4.78 is 0. The van der Waals surface area contributed by atoms with Gasteiger partial charge < -0.3 is 5.73 Å². The minimum absolute atomic E-state index is 0.0336. The van der Waals surface area contributed by atoms with Gasteiger partial charge in [-0.3, -0.25) is 10.2 Å². The van der Waals surface area contributed by atoms with Crippen LogP contribution in [0.3, 0.4) is 0 Å². The Hall–Kier alpha value is -0.610. The number of nitrogens with two attached hydrogens (primary N) is 1. The monoisotopic (exact) mass is 199 g/mol. The second kappa shape index (κ2) is 5.98. The van der Waals surface area contributed by atoms with Gasteiger partial charge in [-0.25, -0.2) is 5.01 Å². The maximum Gasteiger partial charge on any atom is 0.251 e. The molecule has 0 aromatic carbocycles. The van der Waals surface area contributed by atoms with E-state index in [4.69, 9.17) is 5.73 Å². The molecule has 1 saturated heterocycles. The predicted octanol–water partition coefficient (Wildman–Crippen LogP) is 0.631. The molecule has 4 heteroatoms. The van der Waals surface area contributed by atoms with E-state index in [1.807, 2.05) is 11.9 Å². The number of hydrogen-bond acceptors (Lipinski definition) is 3. The van der Waals surface area contributed by atoms with Crippen molar-refractivity contribution in [3.63, 3.8) is 0 Å². The number of nitrogens with zero attached hydrogens (tertiary/aromatic N) is 1. The standard InChI is InChI=1S/C10H21N3O/c1-2-6-9(11)10(14)12-13-7-4-3-5-8-13/h9H,2-8,11H2,1H3,(H,12,14)/t9-/m1/s1. The Balaban J connectivity index is 2.24. The van der Waals surface area contributed by atoms with E-state index in [9.17, 15) is 4.79 Å². The zero-order valence-electron chi connectivity index (χ0n) is 8.96. The topological polar surface area (TPSA) is 58.4 Å². The van der Waals surface area contributed by atoms with Crippen LogP contribution in [0.4, 0.5) is 0 Å². The molecule has 3 N–H and O–H groups in total. The maximum absolute atomic E-state index is 11.5. The summed E-state index contributed by atoms with van der Waals surface area (Å²) in [5, 5.41) is 1.99. The molecule has 1 aliphatic heterocycles. The second-order valence-corrected chi connectivity index (χ2v) is 3.92. The van der Waals surface area contributed by atoms with Crippen LogP contribution in [0.15, 0.2) is 0 Å². The number of hydrazine groups is 1. The van der Waals surface area contributed by atoms with Crippen molar-refractivity contribution >= 4 is 5.91 Å². The molecule has 0 aliphatic carbocycles. The van der Waals surface area contributed by atoms with Gasteiger partial charge >= 0.3 is 0 Å². The molecule has 0 saturated carbocycles. The fraction of sp³-hybridized carbons (Fsp3) is 0.900. The van der Waals surface area contributed by atoms with Crippen molar-refractivity contribution in [2.24, 2.45) is 5.73 Å². The van der Waals surface area contributed by atoms with E-state index in [0.29, 0.717) is 0 Å². The lowest BCUT2D eigenvalue weighted by atomic mass is 10.1. The third kappa shape index (κ3) is 3.64. The number of nitrogens with one attached hydrogen (secondary N) is 1. The highest BCUT2D eigenvalue weighted by atomic mass is 16.2. The largest absolute Gasteiger partial charge is 0.320 e. The van der Waals surface area contributed by atoms with Crippen LogP contribution in [0.25, 0.3) is 0 Å². The Kier molecular flexibility index (Phi) is 4.90. The number of hydrogen-bond donors (Lipinski definition) is 2. The quantitative estimate of drug-likeness (QED) is 0.698. The normalized spacial score (nSPS) is 20.4. The number of amides is 1. The highest BCUT2D eigenvalue weighted by Gasteiger charge is 2.16. The number of carbonyl (C=O) groups excluding carboxylic acids is 1. The molecule has 1 aliphatic rings. The molecule has 0 bridgehead atoms. The molecular formula is C10H21N3O. The fourth-order valence-corrected chi connectivity index (χ4v) is 1.69. The van der Waals surface area contributed by atoms with E-state index < -0.39 is 0 Å². The average Bonchev–Trinajstić information content (AvgIpc) is 2.19. The Morgan fingerprint density at radius 2 is 2.07 bits per heavy atom. The Morgan fingerprint density at radius 1 is 1.43 bits per heavy atom. The summed E-state index contributed by atoms with van der Waals surface area (Å²) in [5.74, 6) is -0.0336. The van der Waals surface area contributed by atoms with Crippen LogP contribution in [0.5, 0.6) is 0 Å². The summed E-state index contributed by atoms with van der Waals surface area (Å²) in [4.78, 5) is 11.5. The van der Waals surface area contributed by atoms with E-state index in [-0.39, 0.29) is 11.9 Å². The van der Waals surface area contributed by atoms with Gasteiger partial charge in [-0.15, -0.1) is 0 Å². The van der Waals surface area contributed by atoms with Crippen LogP contribution in [0.1, 0.15) is 39.0 Å². The molecule has 0 aromatic rings. The SMILES string of the molecule is CCC[C@@H](N)C(=O)NN1CCCCC1. The van der Waals surface area contributed by atoms with Crippen molar-refractivity contribution in [1.29, 1.82) is 0 Å². The molecule has 0 spiro atoms. The van der Waals surface area contributed by atoms with Crippen molar-refractivity contribution in [1.82, 2.24) is 10.4 Å². The molecule has 0 aromatic heterocycles. The minimum atomic E-state index is -0.345. The lowest BCUT2D eigenvalue weighted by molar-refractivity contribution is -0.127. The van der Waals surface area contributed by atoms with Crippen molar-refractivity contribution in [2.45, 2.75) is 45.1 Å².